The number of halogens is 1. The lowest BCUT2D eigenvalue weighted by Crippen LogP contribution is -2.55. The quantitative estimate of drug-likeness (QED) is 0.418. The number of amides is 2. The van der Waals surface area contributed by atoms with Crippen LogP contribution in [-0.4, -0.2) is 54.6 Å². The van der Waals surface area contributed by atoms with Crippen molar-refractivity contribution in [2.45, 2.75) is 57.1 Å². The molecule has 0 fully saturated rings. The van der Waals surface area contributed by atoms with Crippen molar-refractivity contribution in [3.63, 3.8) is 0 Å². The third-order valence-corrected chi connectivity index (χ3v) is 7.99. The van der Waals surface area contributed by atoms with Gasteiger partial charge in [0.1, 0.15) is 6.04 Å². The Balaban J connectivity index is 1.89. The molecule has 0 aliphatic rings. The van der Waals surface area contributed by atoms with Crippen LogP contribution in [0, 0.1) is 0 Å². The maximum atomic E-state index is 13.6. The normalized spacial score (nSPS) is 12.9. The van der Waals surface area contributed by atoms with Crippen LogP contribution in [0.2, 0.25) is 5.02 Å². The highest BCUT2D eigenvalue weighted by Crippen LogP contribution is 2.22. The first-order valence-electron chi connectivity index (χ1n) is 12.1. The second kappa shape index (κ2) is 11.6. The fourth-order valence-electron chi connectivity index (χ4n) is 4.03. The van der Waals surface area contributed by atoms with Crippen LogP contribution in [0.5, 0.6) is 0 Å². The second-order valence-electron chi connectivity index (χ2n) is 10.1. The van der Waals surface area contributed by atoms with E-state index in [4.69, 9.17) is 11.6 Å². The number of carbonyl (C=O) groups excluding carboxylic acids is 2. The first-order chi connectivity index (χ1) is 17.3. The van der Waals surface area contributed by atoms with Crippen LogP contribution in [-0.2, 0) is 26.2 Å². The minimum atomic E-state index is -3.95. The van der Waals surface area contributed by atoms with Gasteiger partial charge in [0.25, 0.3) is 0 Å². The number of hydrogen-bond donors (Lipinski definition) is 1. The Hall–Kier alpha value is -2.94. The van der Waals surface area contributed by atoms with Crippen molar-refractivity contribution >= 4 is 44.2 Å². The van der Waals surface area contributed by atoms with Crippen molar-refractivity contribution in [2.24, 2.45) is 0 Å². The van der Waals surface area contributed by atoms with Gasteiger partial charge in [-0.25, -0.2) is 8.42 Å². The number of benzene rings is 3. The molecule has 0 aliphatic heterocycles. The van der Waals surface area contributed by atoms with Gasteiger partial charge >= 0.3 is 0 Å². The maximum absolute atomic E-state index is 13.6. The van der Waals surface area contributed by atoms with E-state index < -0.39 is 34.1 Å². The Morgan fingerprint density at radius 2 is 1.59 bits per heavy atom. The van der Waals surface area contributed by atoms with Crippen LogP contribution in [0.4, 0.5) is 0 Å². The molecule has 2 amide bonds. The molecule has 3 rings (SSSR count). The number of nitrogens with zero attached hydrogens (tertiary/aromatic N) is 2. The summed E-state index contributed by atoms with van der Waals surface area (Å²) in [5, 5.41) is 5.21. The van der Waals surface area contributed by atoms with Crippen LogP contribution in [0.3, 0.4) is 0 Å². The van der Waals surface area contributed by atoms with Crippen molar-refractivity contribution in [3.8, 4) is 0 Å². The predicted octanol–water partition coefficient (Wildman–Crippen LogP) is 4.84. The molecule has 7 nitrogen and oxygen atoms in total. The molecule has 0 aromatic heterocycles. The number of sulfonamides is 1. The van der Waals surface area contributed by atoms with Gasteiger partial charge in [0.05, 0.1) is 11.4 Å². The Kier molecular flexibility index (Phi) is 9.00. The van der Waals surface area contributed by atoms with Gasteiger partial charge in [-0.15, -0.1) is 0 Å². The lowest BCUT2D eigenvalue weighted by atomic mass is 10.1. The molecule has 0 heterocycles. The summed E-state index contributed by atoms with van der Waals surface area (Å²) in [5.41, 5.74) is 0.287. The van der Waals surface area contributed by atoms with Gasteiger partial charge < -0.3 is 10.2 Å². The Morgan fingerprint density at radius 3 is 2.19 bits per heavy atom. The number of hydrogen-bond acceptors (Lipinski definition) is 4. The summed E-state index contributed by atoms with van der Waals surface area (Å²) in [6.45, 7) is 7.15. The molecule has 0 saturated heterocycles. The highest BCUT2D eigenvalue weighted by Gasteiger charge is 2.33. The molecule has 3 aromatic rings. The van der Waals surface area contributed by atoms with Gasteiger partial charge in [-0.2, -0.15) is 4.31 Å². The van der Waals surface area contributed by atoms with Crippen molar-refractivity contribution in [1.29, 1.82) is 0 Å². The summed E-state index contributed by atoms with van der Waals surface area (Å²) < 4.78 is 27.7. The molecule has 0 saturated carbocycles. The zero-order valence-electron chi connectivity index (χ0n) is 21.9. The summed E-state index contributed by atoms with van der Waals surface area (Å²) in [4.78, 5) is 28.3. The molecule has 0 spiro atoms. The molecule has 37 heavy (non-hydrogen) atoms. The third kappa shape index (κ3) is 7.31. The number of likely N-dealkylation sites (N-methyl/N-ethyl adjacent to an activating group) is 1. The minimum absolute atomic E-state index is 0.100. The standard InChI is InChI=1S/C28H34ClN3O4S/c1-6-25(27(34)30-28(2,3)4)32(18-20-11-14-23(29)15-12-20)26(33)19-31(5)37(35,36)24-16-13-21-9-7-8-10-22(21)17-24/h7-17,25H,6,18-19H2,1-5H3,(H,30,34)/t25-/m1/s1. The number of fused-ring (bicyclic) bond motifs is 1. The maximum Gasteiger partial charge on any atom is 0.243 e. The zero-order chi connectivity index (χ0) is 27.4. The largest absolute Gasteiger partial charge is 0.350 e. The highest BCUT2D eigenvalue weighted by atomic mass is 35.5. The van der Waals surface area contributed by atoms with E-state index in [1.165, 1.54) is 18.0 Å². The van der Waals surface area contributed by atoms with Gasteiger partial charge in [0, 0.05) is 24.2 Å². The smallest absolute Gasteiger partial charge is 0.243 e. The van der Waals surface area contributed by atoms with Gasteiger partial charge in [-0.1, -0.05) is 61.0 Å². The first kappa shape index (κ1) is 28.6. The van der Waals surface area contributed by atoms with Crippen molar-refractivity contribution < 1.29 is 18.0 Å². The molecule has 1 N–H and O–H groups in total. The number of rotatable bonds is 9. The molecule has 3 aromatic carbocycles. The number of carbonyl (C=O) groups is 2. The van der Waals surface area contributed by atoms with E-state index in [0.717, 1.165) is 20.6 Å². The second-order valence-corrected chi connectivity index (χ2v) is 12.6. The fraction of sp³-hybridized carbons (Fsp3) is 0.357. The molecule has 1 atom stereocenters. The molecule has 0 bridgehead atoms. The molecule has 198 valence electrons. The van der Waals surface area contributed by atoms with E-state index in [9.17, 15) is 18.0 Å². The average molecular weight is 544 g/mol. The first-order valence-corrected chi connectivity index (χ1v) is 13.9. The monoisotopic (exact) mass is 543 g/mol. The molecule has 0 radical (unpaired) electrons. The summed E-state index contributed by atoms with van der Waals surface area (Å²) in [5.74, 6) is -0.768. The van der Waals surface area contributed by atoms with Gasteiger partial charge in [0.15, 0.2) is 0 Å². The van der Waals surface area contributed by atoms with E-state index in [-0.39, 0.29) is 17.3 Å². The Morgan fingerprint density at radius 1 is 0.973 bits per heavy atom. The molecule has 9 heteroatoms. The molecular formula is C28H34ClN3O4S. The van der Waals surface area contributed by atoms with Crippen LogP contribution in [0.15, 0.2) is 71.6 Å². The Labute approximate surface area is 224 Å². The van der Waals surface area contributed by atoms with E-state index in [1.54, 1.807) is 36.4 Å². The summed E-state index contributed by atoms with van der Waals surface area (Å²) in [7, 11) is -2.58. The van der Waals surface area contributed by atoms with Crippen molar-refractivity contribution in [3.05, 3.63) is 77.3 Å². The number of nitrogens with one attached hydrogen (secondary N) is 1. The SMILES string of the molecule is CC[C@H](C(=O)NC(C)(C)C)N(Cc1ccc(Cl)cc1)C(=O)CN(C)S(=O)(=O)c1ccc2ccccc2c1. The average Bonchev–Trinajstić information content (AvgIpc) is 2.83. The van der Waals surface area contributed by atoms with Crippen molar-refractivity contribution in [1.82, 2.24) is 14.5 Å². The summed E-state index contributed by atoms with van der Waals surface area (Å²) in [6.07, 6.45) is 0.363. The predicted molar refractivity (Wildman–Crippen MR) is 148 cm³/mol. The van der Waals surface area contributed by atoms with Crippen LogP contribution < -0.4 is 5.32 Å². The summed E-state index contributed by atoms with van der Waals surface area (Å²) in [6, 6.07) is 18.6. The Bertz CT molecular complexity index is 1370. The van der Waals surface area contributed by atoms with Gasteiger partial charge in [0.2, 0.25) is 21.8 Å². The van der Waals surface area contributed by atoms with Crippen LogP contribution in [0.1, 0.15) is 39.7 Å². The molecule has 0 unspecified atom stereocenters. The summed E-state index contributed by atoms with van der Waals surface area (Å²) >= 11 is 6.02. The van der Waals surface area contributed by atoms with Crippen molar-refractivity contribution in [2.75, 3.05) is 13.6 Å². The fourth-order valence-corrected chi connectivity index (χ4v) is 5.32. The van der Waals surface area contributed by atoms with Gasteiger partial charge in [-0.05, 0) is 67.8 Å². The lowest BCUT2D eigenvalue weighted by Gasteiger charge is -2.34. The molecule has 0 aliphatic carbocycles. The van der Waals surface area contributed by atoms with Gasteiger partial charge in [-0.3, -0.25) is 9.59 Å². The minimum Gasteiger partial charge on any atom is -0.350 e. The third-order valence-electron chi connectivity index (χ3n) is 5.94. The van der Waals surface area contributed by atoms with E-state index in [2.05, 4.69) is 5.32 Å². The highest BCUT2D eigenvalue weighted by molar-refractivity contribution is 7.89. The molecular weight excluding hydrogens is 510 g/mol. The van der Waals surface area contributed by atoms with E-state index >= 15 is 0 Å². The van der Waals surface area contributed by atoms with E-state index in [0.29, 0.717) is 11.4 Å². The van der Waals surface area contributed by atoms with E-state index in [1.807, 2.05) is 52.0 Å². The van der Waals surface area contributed by atoms with Crippen LogP contribution >= 0.6 is 11.6 Å². The zero-order valence-corrected chi connectivity index (χ0v) is 23.4. The van der Waals surface area contributed by atoms with Crippen LogP contribution in [0.25, 0.3) is 10.8 Å². The topological polar surface area (TPSA) is 86.8 Å². The lowest BCUT2D eigenvalue weighted by molar-refractivity contribution is -0.142.